The molecule has 0 aliphatic carbocycles. The Bertz CT molecular complexity index is 486. The van der Waals surface area contributed by atoms with Crippen LogP contribution in [-0.2, 0) is 10.0 Å². The van der Waals surface area contributed by atoms with E-state index in [0.29, 0.717) is 5.69 Å². The van der Waals surface area contributed by atoms with E-state index in [0.717, 1.165) is 32.1 Å². The first-order valence-corrected chi connectivity index (χ1v) is 8.60. The van der Waals surface area contributed by atoms with Crippen LogP contribution in [0.2, 0.25) is 0 Å². The number of unbranched alkanes of at least 4 members (excludes halogenated alkanes) is 1. The summed E-state index contributed by atoms with van der Waals surface area (Å²) < 4.78 is 27.4. The van der Waals surface area contributed by atoms with Gasteiger partial charge in [0.2, 0.25) is 10.0 Å². The molecule has 0 saturated heterocycles. The first kappa shape index (κ1) is 16.9. The van der Waals surface area contributed by atoms with Gasteiger partial charge in [-0.15, -0.1) is 0 Å². The zero-order chi connectivity index (χ0) is 15.0. The fraction of sp³-hybridized carbons (Fsp3) is 0.571. The first-order chi connectivity index (χ1) is 9.53. The van der Waals surface area contributed by atoms with Gasteiger partial charge in [0.1, 0.15) is 0 Å². The SMILES string of the molecule is CCCCC(CCC)NS(=O)(=O)c1ccc(NN)cc1. The zero-order valence-electron chi connectivity index (χ0n) is 12.2. The van der Waals surface area contributed by atoms with Gasteiger partial charge < -0.3 is 5.43 Å². The van der Waals surface area contributed by atoms with Gasteiger partial charge in [0.05, 0.1) is 4.90 Å². The molecule has 0 heterocycles. The molecule has 1 atom stereocenters. The molecule has 1 aromatic carbocycles. The van der Waals surface area contributed by atoms with Crippen molar-refractivity contribution in [2.45, 2.75) is 56.9 Å². The van der Waals surface area contributed by atoms with Crippen LogP contribution in [-0.4, -0.2) is 14.5 Å². The van der Waals surface area contributed by atoms with Crippen molar-refractivity contribution in [1.82, 2.24) is 4.72 Å². The molecule has 0 aliphatic heterocycles. The molecule has 1 unspecified atom stereocenters. The van der Waals surface area contributed by atoms with Crippen molar-refractivity contribution < 1.29 is 8.42 Å². The van der Waals surface area contributed by atoms with Crippen LogP contribution in [0.4, 0.5) is 5.69 Å². The predicted octanol–water partition coefficient (Wildman–Crippen LogP) is 2.61. The molecule has 4 N–H and O–H groups in total. The lowest BCUT2D eigenvalue weighted by Crippen LogP contribution is -2.34. The fourth-order valence-electron chi connectivity index (χ4n) is 2.08. The minimum Gasteiger partial charge on any atom is -0.324 e. The summed E-state index contributed by atoms with van der Waals surface area (Å²) in [6.45, 7) is 4.17. The Balaban J connectivity index is 2.79. The molecule has 0 saturated carbocycles. The molecule has 0 radical (unpaired) electrons. The Morgan fingerprint density at radius 3 is 2.25 bits per heavy atom. The highest BCUT2D eigenvalue weighted by Gasteiger charge is 2.19. The Morgan fingerprint density at radius 1 is 1.10 bits per heavy atom. The molecule has 0 aliphatic rings. The van der Waals surface area contributed by atoms with Crippen LogP contribution < -0.4 is 16.0 Å². The highest BCUT2D eigenvalue weighted by molar-refractivity contribution is 7.89. The number of benzene rings is 1. The van der Waals surface area contributed by atoms with E-state index in [4.69, 9.17) is 5.84 Å². The van der Waals surface area contributed by atoms with Gasteiger partial charge in [-0.05, 0) is 37.1 Å². The smallest absolute Gasteiger partial charge is 0.240 e. The summed E-state index contributed by atoms with van der Waals surface area (Å²) in [4.78, 5) is 0.272. The summed E-state index contributed by atoms with van der Waals surface area (Å²) in [7, 11) is -3.46. The van der Waals surface area contributed by atoms with E-state index < -0.39 is 10.0 Å². The van der Waals surface area contributed by atoms with Crippen LogP contribution in [0, 0.1) is 0 Å². The maximum atomic E-state index is 12.3. The molecule has 0 spiro atoms. The lowest BCUT2D eigenvalue weighted by Gasteiger charge is -2.18. The average Bonchev–Trinajstić information content (AvgIpc) is 2.45. The Labute approximate surface area is 122 Å². The highest BCUT2D eigenvalue weighted by atomic mass is 32.2. The monoisotopic (exact) mass is 299 g/mol. The molecule has 6 heteroatoms. The van der Waals surface area contributed by atoms with E-state index in [1.54, 1.807) is 24.3 Å². The first-order valence-electron chi connectivity index (χ1n) is 7.12. The molecular formula is C14H25N3O2S. The second-order valence-corrected chi connectivity index (χ2v) is 6.63. The maximum Gasteiger partial charge on any atom is 0.240 e. The number of nitrogens with one attached hydrogen (secondary N) is 2. The number of nitrogen functional groups attached to an aromatic ring is 1. The summed E-state index contributed by atoms with van der Waals surface area (Å²) in [5.74, 6) is 5.27. The summed E-state index contributed by atoms with van der Waals surface area (Å²) in [6.07, 6.45) is 4.81. The molecule has 114 valence electrons. The summed E-state index contributed by atoms with van der Waals surface area (Å²) >= 11 is 0. The van der Waals surface area contributed by atoms with Gasteiger partial charge in [0, 0.05) is 11.7 Å². The number of nitrogens with two attached hydrogens (primary N) is 1. The summed E-state index contributed by atoms with van der Waals surface area (Å²) in [6, 6.07) is 6.42. The van der Waals surface area contributed by atoms with Gasteiger partial charge in [-0.1, -0.05) is 33.1 Å². The number of hydrazine groups is 1. The van der Waals surface area contributed by atoms with Crippen molar-refractivity contribution >= 4 is 15.7 Å². The van der Waals surface area contributed by atoms with Gasteiger partial charge >= 0.3 is 0 Å². The van der Waals surface area contributed by atoms with Crippen molar-refractivity contribution in [3.05, 3.63) is 24.3 Å². The summed E-state index contributed by atoms with van der Waals surface area (Å²) in [5, 5.41) is 0. The lowest BCUT2D eigenvalue weighted by molar-refractivity contribution is 0.483. The van der Waals surface area contributed by atoms with Crippen LogP contribution in [0.15, 0.2) is 29.2 Å². The van der Waals surface area contributed by atoms with Crippen LogP contribution in [0.5, 0.6) is 0 Å². The highest BCUT2D eigenvalue weighted by Crippen LogP contribution is 2.16. The molecule has 0 fully saturated rings. The number of rotatable bonds is 9. The number of hydrogen-bond donors (Lipinski definition) is 3. The van der Waals surface area contributed by atoms with E-state index >= 15 is 0 Å². The zero-order valence-corrected chi connectivity index (χ0v) is 13.0. The Hall–Kier alpha value is -1.11. The predicted molar refractivity (Wildman–Crippen MR) is 82.8 cm³/mol. The van der Waals surface area contributed by atoms with Crippen LogP contribution in [0.1, 0.15) is 46.0 Å². The van der Waals surface area contributed by atoms with Gasteiger partial charge in [0.25, 0.3) is 0 Å². The quantitative estimate of drug-likeness (QED) is 0.483. The third kappa shape index (κ3) is 5.11. The minimum atomic E-state index is -3.46. The van der Waals surface area contributed by atoms with Crippen molar-refractivity contribution in [2.75, 3.05) is 5.43 Å². The normalized spacial score (nSPS) is 13.2. The molecule has 0 bridgehead atoms. The number of sulfonamides is 1. The molecule has 1 aromatic rings. The van der Waals surface area contributed by atoms with Gasteiger partial charge in [0.15, 0.2) is 0 Å². The molecule has 0 amide bonds. The molecular weight excluding hydrogens is 274 g/mol. The largest absolute Gasteiger partial charge is 0.324 e. The van der Waals surface area contributed by atoms with Crippen molar-refractivity contribution in [2.24, 2.45) is 5.84 Å². The minimum absolute atomic E-state index is 0.0114. The van der Waals surface area contributed by atoms with E-state index in [-0.39, 0.29) is 10.9 Å². The van der Waals surface area contributed by atoms with E-state index in [2.05, 4.69) is 24.0 Å². The average molecular weight is 299 g/mol. The van der Waals surface area contributed by atoms with Crippen molar-refractivity contribution in [3.63, 3.8) is 0 Å². The Kier molecular flexibility index (Phi) is 6.98. The van der Waals surface area contributed by atoms with Crippen LogP contribution in [0.25, 0.3) is 0 Å². The van der Waals surface area contributed by atoms with E-state index in [1.165, 1.54) is 0 Å². The molecule has 20 heavy (non-hydrogen) atoms. The number of hydrogen-bond acceptors (Lipinski definition) is 4. The molecule has 0 aromatic heterocycles. The fourth-order valence-corrected chi connectivity index (χ4v) is 3.38. The third-order valence-corrected chi connectivity index (χ3v) is 4.73. The van der Waals surface area contributed by atoms with Crippen molar-refractivity contribution in [3.8, 4) is 0 Å². The van der Waals surface area contributed by atoms with E-state index in [1.807, 2.05) is 0 Å². The van der Waals surface area contributed by atoms with Gasteiger partial charge in [-0.2, -0.15) is 0 Å². The van der Waals surface area contributed by atoms with Gasteiger partial charge in [-0.3, -0.25) is 5.84 Å². The Morgan fingerprint density at radius 2 is 1.75 bits per heavy atom. The summed E-state index contributed by atoms with van der Waals surface area (Å²) in [5.41, 5.74) is 3.16. The van der Waals surface area contributed by atoms with Gasteiger partial charge in [-0.25, -0.2) is 13.1 Å². The third-order valence-electron chi connectivity index (χ3n) is 3.20. The molecule has 1 rings (SSSR count). The second kappa shape index (κ2) is 8.24. The van der Waals surface area contributed by atoms with E-state index in [9.17, 15) is 8.42 Å². The topological polar surface area (TPSA) is 84.2 Å². The van der Waals surface area contributed by atoms with Crippen molar-refractivity contribution in [1.29, 1.82) is 0 Å². The number of anilines is 1. The molecule has 5 nitrogen and oxygen atoms in total. The second-order valence-electron chi connectivity index (χ2n) is 4.92. The van der Waals surface area contributed by atoms with Crippen LogP contribution in [0.3, 0.4) is 0 Å². The van der Waals surface area contributed by atoms with Crippen LogP contribution >= 0.6 is 0 Å². The standard InChI is InChI=1S/C14H25N3O2S/c1-3-5-7-13(6-4-2)17-20(18,19)14-10-8-12(16-15)9-11-14/h8-11,13,16-17H,3-7,15H2,1-2H3. The maximum absolute atomic E-state index is 12.3. The lowest BCUT2D eigenvalue weighted by atomic mass is 10.1.